The third kappa shape index (κ3) is 3.51. The fourth-order valence-electron chi connectivity index (χ4n) is 8.49. The number of allylic oxidation sites excluding steroid dienone is 6. The van der Waals surface area contributed by atoms with Crippen LogP contribution in [0.2, 0.25) is 0 Å². The topological polar surface area (TPSA) is 0 Å². The first kappa shape index (κ1) is 21.5. The smallest absolute Gasteiger partial charge is 0.000690 e. The minimum absolute atomic E-state index is 0.394. The zero-order chi connectivity index (χ0) is 20.8. The molecule has 2 saturated carbocycles. The van der Waals surface area contributed by atoms with Gasteiger partial charge in [-0.15, -0.1) is 0 Å². The Morgan fingerprint density at radius 3 is 2.55 bits per heavy atom. The number of hydrogen-bond donors (Lipinski definition) is 0. The molecule has 0 N–H and O–H groups in total. The lowest BCUT2D eigenvalue weighted by molar-refractivity contribution is -0.0227. The van der Waals surface area contributed by atoms with Crippen molar-refractivity contribution in [1.82, 2.24) is 0 Å². The summed E-state index contributed by atoms with van der Waals surface area (Å²) < 4.78 is 0. The van der Waals surface area contributed by atoms with Gasteiger partial charge < -0.3 is 0 Å². The molecule has 0 saturated heterocycles. The van der Waals surface area contributed by atoms with Gasteiger partial charge in [0.15, 0.2) is 0 Å². The fourth-order valence-corrected chi connectivity index (χ4v) is 8.49. The number of fused-ring (bicyclic) bond motifs is 5. The Morgan fingerprint density at radius 2 is 1.83 bits per heavy atom. The molecule has 0 aliphatic heterocycles. The Morgan fingerprint density at radius 1 is 1.03 bits per heavy atom. The van der Waals surface area contributed by atoms with Crippen LogP contribution in [-0.4, -0.2) is 0 Å². The molecule has 0 spiro atoms. The Kier molecular flexibility index (Phi) is 5.95. The van der Waals surface area contributed by atoms with E-state index in [2.05, 4.69) is 71.9 Å². The summed E-state index contributed by atoms with van der Waals surface area (Å²) in [5, 5.41) is 0. The van der Waals surface area contributed by atoms with Gasteiger partial charge in [0.25, 0.3) is 0 Å². The van der Waals surface area contributed by atoms with Gasteiger partial charge in [-0.3, -0.25) is 0 Å². The molecule has 0 amide bonds. The van der Waals surface area contributed by atoms with Crippen molar-refractivity contribution < 1.29 is 0 Å². The third-order valence-corrected chi connectivity index (χ3v) is 10.5. The van der Waals surface area contributed by atoms with Gasteiger partial charge in [0.1, 0.15) is 0 Å². The molecule has 8 atom stereocenters. The van der Waals surface area contributed by atoms with Crippen LogP contribution in [0.4, 0.5) is 0 Å². The molecule has 0 nitrogen and oxygen atoms in total. The van der Waals surface area contributed by atoms with Crippen molar-refractivity contribution in [2.24, 2.45) is 52.3 Å². The van der Waals surface area contributed by atoms with E-state index in [0.29, 0.717) is 10.8 Å². The molecule has 0 heterocycles. The highest BCUT2D eigenvalue weighted by Gasteiger charge is 2.58. The van der Waals surface area contributed by atoms with Crippen LogP contribution in [-0.2, 0) is 0 Å². The predicted molar refractivity (Wildman–Crippen MR) is 127 cm³/mol. The maximum atomic E-state index is 2.70. The van der Waals surface area contributed by atoms with Crippen LogP contribution >= 0.6 is 0 Å². The summed E-state index contributed by atoms with van der Waals surface area (Å²) in [6.07, 6.45) is 23.6. The van der Waals surface area contributed by atoms with Crippen LogP contribution in [0.25, 0.3) is 0 Å². The van der Waals surface area contributed by atoms with Crippen molar-refractivity contribution in [1.29, 1.82) is 0 Å². The maximum Gasteiger partial charge on any atom is -0.000690 e. The molecule has 0 bridgehead atoms. The van der Waals surface area contributed by atoms with Crippen molar-refractivity contribution in [3.63, 3.8) is 0 Å². The molecule has 162 valence electrons. The van der Waals surface area contributed by atoms with Crippen LogP contribution in [0, 0.1) is 52.3 Å². The minimum Gasteiger partial charge on any atom is -0.0836 e. The summed E-state index contributed by atoms with van der Waals surface area (Å²) in [7, 11) is 0. The highest BCUT2D eigenvalue weighted by molar-refractivity contribution is 5.39. The molecular weight excluding hydrogens is 348 g/mol. The summed E-state index contributed by atoms with van der Waals surface area (Å²) in [6.45, 7) is 15.1. The van der Waals surface area contributed by atoms with Crippen LogP contribution in [0.15, 0.2) is 36.0 Å². The molecule has 29 heavy (non-hydrogen) atoms. The Bertz CT molecular complexity index is 678. The van der Waals surface area contributed by atoms with Gasteiger partial charge in [0.2, 0.25) is 0 Å². The zero-order valence-electron chi connectivity index (χ0n) is 20.1. The second-order valence-electron chi connectivity index (χ2n) is 12.0. The van der Waals surface area contributed by atoms with Crippen LogP contribution < -0.4 is 0 Å². The Balaban J connectivity index is 1.49. The Hall–Kier alpha value is -0.780. The van der Waals surface area contributed by atoms with Crippen molar-refractivity contribution in [3.8, 4) is 0 Å². The van der Waals surface area contributed by atoms with E-state index in [-0.39, 0.29) is 0 Å². The quantitative estimate of drug-likeness (QED) is 0.423. The molecule has 4 aliphatic carbocycles. The lowest BCUT2D eigenvalue weighted by atomic mass is 9.48. The second-order valence-corrected chi connectivity index (χ2v) is 12.0. The fraction of sp³-hybridized carbons (Fsp3) is 0.793. The molecule has 4 aliphatic rings. The average Bonchev–Trinajstić information content (AvgIpc) is 3.05. The first-order valence-electron chi connectivity index (χ1n) is 12.9. The molecule has 0 aromatic rings. The first-order chi connectivity index (χ1) is 13.8. The summed E-state index contributed by atoms with van der Waals surface area (Å²) in [4.78, 5) is 0. The minimum atomic E-state index is 0.394. The summed E-state index contributed by atoms with van der Waals surface area (Å²) in [6, 6.07) is 0. The second kappa shape index (κ2) is 8.05. The zero-order valence-corrected chi connectivity index (χ0v) is 20.1. The molecule has 2 fully saturated rings. The van der Waals surface area contributed by atoms with Crippen molar-refractivity contribution in [2.45, 2.75) is 92.9 Å². The highest BCUT2D eigenvalue weighted by atomic mass is 14.6. The van der Waals surface area contributed by atoms with E-state index in [1.54, 1.807) is 5.57 Å². The summed E-state index contributed by atoms with van der Waals surface area (Å²) in [5.41, 5.74) is 2.57. The van der Waals surface area contributed by atoms with Gasteiger partial charge in [0.05, 0.1) is 0 Å². The molecule has 0 radical (unpaired) electrons. The Labute approximate surface area is 181 Å². The maximum absolute atomic E-state index is 2.70. The average molecular weight is 395 g/mol. The third-order valence-electron chi connectivity index (χ3n) is 10.5. The van der Waals surface area contributed by atoms with Gasteiger partial charge in [-0.2, -0.15) is 0 Å². The monoisotopic (exact) mass is 394 g/mol. The van der Waals surface area contributed by atoms with Crippen molar-refractivity contribution in [3.05, 3.63) is 36.0 Å². The van der Waals surface area contributed by atoms with E-state index in [1.165, 1.54) is 51.4 Å². The molecule has 0 unspecified atom stereocenters. The van der Waals surface area contributed by atoms with Gasteiger partial charge in [-0.1, -0.05) is 84.8 Å². The SMILES string of the molecule is CC[C@H](CC[C@@H](C)[C@H]1CC[C@H]2[C@@H]3C=CC4=CC=CC[C@]4(C)[C@H]3CC[C@]12C)C(C)C. The van der Waals surface area contributed by atoms with Gasteiger partial charge >= 0.3 is 0 Å². The van der Waals surface area contributed by atoms with E-state index in [9.17, 15) is 0 Å². The van der Waals surface area contributed by atoms with Crippen LogP contribution in [0.3, 0.4) is 0 Å². The molecular formula is C29H46. The van der Waals surface area contributed by atoms with Crippen molar-refractivity contribution >= 4 is 0 Å². The van der Waals surface area contributed by atoms with Gasteiger partial charge in [0, 0.05) is 0 Å². The normalized spacial score (nSPS) is 42.8. The largest absolute Gasteiger partial charge is 0.0836 e. The molecule has 4 rings (SSSR count). The van der Waals surface area contributed by atoms with E-state index in [1.807, 2.05) is 0 Å². The molecule has 0 aromatic heterocycles. The van der Waals surface area contributed by atoms with E-state index < -0.39 is 0 Å². The van der Waals surface area contributed by atoms with Crippen LogP contribution in [0.5, 0.6) is 0 Å². The number of hydrogen-bond acceptors (Lipinski definition) is 0. The predicted octanol–water partition coefficient (Wildman–Crippen LogP) is 8.61. The number of rotatable bonds is 6. The lowest BCUT2D eigenvalue weighted by Gasteiger charge is -2.56. The van der Waals surface area contributed by atoms with E-state index >= 15 is 0 Å². The molecule has 0 aromatic carbocycles. The first-order valence-corrected chi connectivity index (χ1v) is 12.9. The van der Waals surface area contributed by atoms with Crippen LogP contribution in [0.1, 0.15) is 92.9 Å². The molecule has 0 heteroatoms. The summed E-state index contributed by atoms with van der Waals surface area (Å²) in [5.74, 6) is 6.20. The highest BCUT2D eigenvalue weighted by Crippen LogP contribution is 2.66. The standard InChI is InChI=1S/C29H46/c1-7-22(20(2)3)12-11-21(4)25-15-16-26-24-14-13-23-10-8-9-18-28(23,5)27(24)17-19-29(25,26)6/h8-10,13-14,20-22,24-27H,7,11-12,15-19H2,1-6H3/t21-,22-,24+,25-,26+,27+,28+,29-/m1/s1. The van der Waals surface area contributed by atoms with Gasteiger partial charge in [-0.25, -0.2) is 0 Å². The van der Waals surface area contributed by atoms with E-state index in [4.69, 9.17) is 0 Å². The van der Waals surface area contributed by atoms with Gasteiger partial charge in [-0.05, 0) is 96.4 Å². The summed E-state index contributed by atoms with van der Waals surface area (Å²) >= 11 is 0. The lowest BCUT2D eigenvalue weighted by Crippen LogP contribution is -2.48. The van der Waals surface area contributed by atoms with E-state index in [0.717, 1.165) is 41.4 Å². The van der Waals surface area contributed by atoms with Crippen molar-refractivity contribution in [2.75, 3.05) is 0 Å².